The second kappa shape index (κ2) is 9.55. The maximum Gasteiger partial charge on any atom is 0.410 e. The van der Waals surface area contributed by atoms with Crippen molar-refractivity contribution in [1.29, 1.82) is 5.26 Å². The normalized spacial score (nSPS) is 22.2. The van der Waals surface area contributed by atoms with E-state index in [1.54, 1.807) is 4.90 Å². The van der Waals surface area contributed by atoms with Gasteiger partial charge in [-0.1, -0.05) is 0 Å². The number of anilines is 1. The number of aliphatic hydroxyl groups is 1. The van der Waals surface area contributed by atoms with Crippen molar-refractivity contribution in [1.82, 2.24) is 14.8 Å². The maximum absolute atomic E-state index is 12.8. The van der Waals surface area contributed by atoms with Gasteiger partial charge in [-0.25, -0.2) is 9.78 Å². The molecule has 0 bridgehead atoms. The Balaban J connectivity index is 1.44. The van der Waals surface area contributed by atoms with E-state index in [0.717, 1.165) is 48.3 Å². The summed E-state index contributed by atoms with van der Waals surface area (Å²) in [6, 6.07) is 2.54. The summed E-state index contributed by atoms with van der Waals surface area (Å²) in [4.78, 5) is 36.4. The summed E-state index contributed by atoms with van der Waals surface area (Å²) in [5.41, 5.74) is 3.11. The van der Waals surface area contributed by atoms with Crippen molar-refractivity contribution >= 4 is 17.8 Å². The Labute approximate surface area is 213 Å². The molecular formula is C27H37N5O4. The second-order valence-corrected chi connectivity index (χ2v) is 11.6. The highest BCUT2D eigenvalue weighted by Gasteiger charge is 2.42. The zero-order chi connectivity index (χ0) is 25.6. The van der Waals surface area contributed by atoms with Gasteiger partial charge in [0, 0.05) is 38.5 Å². The van der Waals surface area contributed by atoms with E-state index in [2.05, 4.69) is 11.0 Å². The van der Waals surface area contributed by atoms with Crippen molar-refractivity contribution in [3.63, 3.8) is 0 Å². The van der Waals surface area contributed by atoms with Crippen molar-refractivity contribution < 1.29 is 19.4 Å². The van der Waals surface area contributed by atoms with Crippen molar-refractivity contribution in [2.45, 2.75) is 83.4 Å². The van der Waals surface area contributed by atoms with Crippen molar-refractivity contribution in [3.05, 3.63) is 22.4 Å². The number of carbonyl (C=O) groups is 2. The van der Waals surface area contributed by atoms with Crippen LogP contribution in [0.15, 0.2) is 0 Å². The molecule has 9 heteroatoms. The van der Waals surface area contributed by atoms with Crippen molar-refractivity contribution in [3.8, 4) is 6.07 Å². The molecule has 1 aromatic heterocycles. The highest BCUT2D eigenvalue weighted by molar-refractivity contribution is 5.77. The third kappa shape index (κ3) is 5.01. The fourth-order valence-corrected chi connectivity index (χ4v) is 5.61. The smallest absolute Gasteiger partial charge is 0.410 e. The number of nitrogens with zero attached hydrogens (tertiary/aromatic N) is 5. The van der Waals surface area contributed by atoms with Crippen LogP contribution in [0, 0.1) is 17.2 Å². The lowest BCUT2D eigenvalue weighted by Crippen LogP contribution is -2.56. The molecule has 4 aliphatic rings. The highest BCUT2D eigenvalue weighted by atomic mass is 16.6. The molecule has 0 radical (unpaired) electrons. The standard InChI is InChI=1S/C27H37N5O4/c1-27(2,3)36-26(35)31-10-8-19-20(14-28)25(29-24(18-6-7-18)21(19)15-31)30-11-12-32(23(34)9-13-33)22(16-30)17-4-5-17/h17-18,22,33H,4-13,15-16H2,1-3H3/t22-/m0/s1. The van der Waals surface area contributed by atoms with Crippen LogP contribution in [0.5, 0.6) is 0 Å². The summed E-state index contributed by atoms with van der Waals surface area (Å²) in [5, 5.41) is 19.5. The zero-order valence-corrected chi connectivity index (χ0v) is 21.6. The van der Waals surface area contributed by atoms with Gasteiger partial charge in [-0.3, -0.25) is 4.79 Å². The van der Waals surface area contributed by atoms with E-state index in [-0.39, 0.29) is 31.1 Å². The van der Waals surface area contributed by atoms with Crippen LogP contribution >= 0.6 is 0 Å². The van der Waals surface area contributed by atoms with Crippen molar-refractivity contribution in [2.75, 3.05) is 37.7 Å². The van der Waals surface area contributed by atoms with Crippen molar-refractivity contribution in [2.24, 2.45) is 5.92 Å². The lowest BCUT2D eigenvalue weighted by Gasteiger charge is -2.43. The van der Waals surface area contributed by atoms with Gasteiger partial charge < -0.3 is 24.5 Å². The molecule has 36 heavy (non-hydrogen) atoms. The molecule has 2 aliphatic carbocycles. The minimum Gasteiger partial charge on any atom is -0.444 e. The fraction of sp³-hybridized carbons (Fsp3) is 0.704. The average Bonchev–Trinajstić information content (AvgIpc) is 3.75. The number of piperazine rings is 1. The quantitative estimate of drug-likeness (QED) is 0.669. The Hall–Kier alpha value is -2.86. The molecular weight excluding hydrogens is 458 g/mol. The molecule has 1 N–H and O–H groups in total. The molecule has 3 heterocycles. The first-order valence-electron chi connectivity index (χ1n) is 13.3. The summed E-state index contributed by atoms with van der Waals surface area (Å²) in [7, 11) is 0. The van der Waals surface area contributed by atoms with E-state index in [0.29, 0.717) is 56.5 Å². The van der Waals surface area contributed by atoms with Crippen LogP contribution in [0.1, 0.15) is 81.2 Å². The second-order valence-electron chi connectivity index (χ2n) is 11.6. The minimum absolute atomic E-state index is 0.00820. The number of hydrogen-bond donors (Lipinski definition) is 1. The summed E-state index contributed by atoms with van der Waals surface area (Å²) >= 11 is 0. The van der Waals surface area contributed by atoms with E-state index >= 15 is 0 Å². The highest BCUT2D eigenvalue weighted by Crippen LogP contribution is 2.45. The molecule has 0 aromatic carbocycles. The molecule has 5 rings (SSSR count). The predicted octanol–water partition coefficient (Wildman–Crippen LogP) is 2.93. The van der Waals surface area contributed by atoms with Crippen LogP contribution in [0.3, 0.4) is 0 Å². The Morgan fingerprint density at radius 2 is 1.89 bits per heavy atom. The Kier molecular flexibility index (Phi) is 6.58. The van der Waals surface area contributed by atoms with Crippen LogP contribution in [-0.4, -0.2) is 76.3 Å². The van der Waals surface area contributed by atoms with E-state index in [1.165, 1.54) is 0 Å². The topological polar surface area (TPSA) is 110 Å². The maximum atomic E-state index is 12.8. The zero-order valence-electron chi connectivity index (χ0n) is 21.6. The summed E-state index contributed by atoms with van der Waals surface area (Å²) < 4.78 is 5.62. The molecule has 1 atom stereocenters. The minimum atomic E-state index is -0.560. The van der Waals surface area contributed by atoms with Gasteiger partial charge in [-0.2, -0.15) is 5.26 Å². The number of amides is 2. The lowest BCUT2D eigenvalue weighted by molar-refractivity contribution is -0.135. The Morgan fingerprint density at radius 3 is 2.50 bits per heavy atom. The third-order valence-corrected chi connectivity index (χ3v) is 7.66. The predicted molar refractivity (Wildman–Crippen MR) is 133 cm³/mol. The molecule has 2 saturated carbocycles. The van der Waals surface area contributed by atoms with E-state index in [9.17, 15) is 20.0 Å². The number of fused-ring (bicyclic) bond motifs is 1. The van der Waals surface area contributed by atoms with Gasteiger partial charge in [-0.15, -0.1) is 0 Å². The molecule has 9 nitrogen and oxygen atoms in total. The summed E-state index contributed by atoms with van der Waals surface area (Å²) in [6.07, 6.45) is 4.80. The Bertz CT molecular complexity index is 1080. The first-order chi connectivity index (χ1) is 17.2. The summed E-state index contributed by atoms with van der Waals surface area (Å²) in [6.45, 7) is 8.27. The molecule has 0 unspecified atom stereocenters. The number of hydrogen-bond acceptors (Lipinski definition) is 7. The van der Waals surface area contributed by atoms with Gasteiger partial charge in [0.1, 0.15) is 17.5 Å². The number of ether oxygens (including phenoxy) is 1. The average molecular weight is 496 g/mol. The van der Waals surface area contributed by atoms with Crippen LogP contribution in [0.2, 0.25) is 0 Å². The fourth-order valence-electron chi connectivity index (χ4n) is 5.61. The van der Waals surface area contributed by atoms with Gasteiger partial charge in [-0.05, 0) is 69.9 Å². The van der Waals surface area contributed by atoms with Gasteiger partial charge in [0.2, 0.25) is 5.91 Å². The Morgan fingerprint density at radius 1 is 1.14 bits per heavy atom. The number of pyridine rings is 1. The largest absolute Gasteiger partial charge is 0.444 e. The molecule has 1 aromatic rings. The lowest BCUT2D eigenvalue weighted by atomic mass is 9.92. The van der Waals surface area contributed by atoms with E-state index in [1.807, 2.05) is 25.7 Å². The van der Waals surface area contributed by atoms with Crippen LogP contribution < -0.4 is 4.90 Å². The number of aromatic nitrogens is 1. The molecule has 3 fully saturated rings. The van der Waals surface area contributed by atoms with Crippen LogP contribution in [0.4, 0.5) is 10.6 Å². The molecule has 1 saturated heterocycles. The molecule has 0 spiro atoms. The number of aliphatic hydroxyl groups excluding tert-OH is 1. The third-order valence-electron chi connectivity index (χ3n) is 7.66. The van der Waals surface area contributed by atoms with Gasteiger partial charge in [0.25, 0.3) is 0 Å². The van der Waals surface area contributed by atoms with E-state index < -0.39 is 5.60 Å². The van der Waals surface area contributed by atoms with Gasteiger partial charge >= 0.3 is 6.09 Å². The number of nitriles is 1. The van der Waals surface area contributed by atoms with Gasteiger partial charge in [0.15, 0.2) is 0 Å². The SMILES string of the molecule is CC(C)(C)OC(=O)N1CCc2c(C#N)c(N3CCN(C(=O)CCO)[C@H](C4CC4)C3)nc(C3CC3)c2C1. The first kappa shape index (κ1) is 24.8. The van der Waals surface area contributed by atoms with Gasteiger partial charge in [0.05, 0.1) is 30.5 Å². The first-order valence-corrected chi connectivity index (χ1v) is 13.3. The number of rotatable bonds is 5. The number of carbonyl (C=O) groups excluding carboxylic acids is 2. The van der Waals surface area contributed by atoms with Crippen LogP contribution in [0.25, 0.3) is 0 Å². The van der Waals surface area contributed by atoms with Crippen LogP contribution in [-0.2, 0) is 22.5 Å². The molecule has 194 valence electrons. The summed E-state index contributed by atoms with van der Waals surface area (Å²) in [5.74, 6) is 1.59. The molecule has 2 amide bonds. The monoisotopic (exact) mass is 495 g/mol. The van der Waals surface area contributed by atoms with E-state index in [4.69, 9.17) is 9.72 Å². The molecule has 2 aliphatic heterocycles.